The van der Waals surface area contributed by atoms with Crippen molar-refractivity contribution in [2.45, 2.75) is 6.92 Å². The van der Waals surface area contributed by atoms with E-state index in [9.17, 15) is 0 Å². The first-order chi connectivity index (χ1) is 2.73. The van der Waals surface area contributed by atoms with Gasteiger partial charge >= 0.3 is 29.2 Å². The number of hydrogen-bond donors (Lipinski definition) is 2. The van der Waals surface area contributed by atoms with Crippen LogP contribution in [0.3, 0.4) is 0 Å². The van der Waals surface area contributed by atoms with Gasteiger partial charge < -0.3 is 24.6 Å². The summed E-state index contributed by atoms with van der Waals surface area (Å²) in [7, 11) is 0. The van der Waals surface area contributed by atoms with Crippen LogP contribution in [-0.2, 0) is 0 Å². The zero-order chi connectivity index (χ0) is 5.58. The summed E-state index contributed by atoms with van der Waals surface area (Å²) in [4.78, 5) is 8.56. The van der Waals surface area contributed by atoms with Crippen molar-refractivity contribution in [3.8, 4) is 0 Å². The second-order valence-electron chi connectivity index (χ2n) is 0.283. The summed E-state index contributed by atoms with van der Waals surface area (Å²) in [5.74, 6) is 0. The first-order valence-electron chi connectivity index (χ1n) is 1.36. The summed E-state index contributed by atoms with van der Waals surface area (Å²) < 4.78 is 0. The quantitative estimate of drug-likeness (QED) is 0.382. The standard InChI is InChI=1S/C2H5.CH2O3.CH3.Mg/c1-2;2-1(3)4;;/h1H2,2H3;(H2,2,3,4);1H3;/q-1;;-1;+2. The van der Waals surface area contributed by atoms with E-state index in [2.05, 4.69) is 6.92 Å². The molecule has 0 aromatic rings. The summed E-state index contributed by atoms with van der Waals surface area (Å²) in [6, 6.07) is 0. The molecule has 0 saturated heterocycles. The van der Waals surface area contributed by atoms with Gasteiger partial charge in [-0.25, -0.2) is 4.79 Å². The van der Waals surface area contributed by atoms with Gasteiger partial charge in [-0.3, -0.25) is 0 Å². The van der Waals surface area contributed by atoms with Crippen molar-refractivity contribution in [1.82, 2.24) is 0 Å². The Morgan fingerprint density at radius 1 is 1.38 bits per heavy atom. The maximum Gasteiger partial charge on any atom is 2.00 e. The first kappa shape index (κ1) is 24.4. The van der Waals surface area contributed by atoms with E-state index in [0.29, 0.717) is 0 Å². The van der Waals surface area contributed by atoms with Crippen LogP contribution < -0.4 is 0 Å². The summed E-state index contributed by atoms with van der Waals surface area (Å²) in [5.41, 5.74) is 0. The Labute approximate surface area is 65.9 Å². The van der Waals surface area contributed by atoms with Crippen molar-refractivity contribution in [1.29, 1.82) is 0 Å². The Morgan fingerprint density at radius 2 is 1.38 bits per heavy atom. The van der Waals surface area contributed by atoms with E-state index < -0.39 is 6.16 Å². The summed E-state index contributed by atoms with van der Waals surface area (Å²) in [6.45, 7) is 5.00. The molecule has 0 aromatic heterocycles. The SMILES string of the molecule is O=C(O)O.[CH2-]C.[CH3-].[Mg+2]. The van der Waals surface area contributed by atoms with Gasteiger partial charge in [0.25, 0.3) is 0 Å². The second-order valence-corrected chi connectivity index (χ2v) is 0.283. The predicted molar refractivity (Wildman–Crippen MR) is 33.9 cm³/mol. The molecule has 8 heavy (non-hydrogen) atoms. The van der Waals surface area contributed by atoms with Crippen LogP contribution in [0, 0.1) is 14.4 Å². The predicted octanol–water partition coefficient (Wildman–Crippen LogP) is 1.13. The number of carboxylic acid groups (broad SMARTS) is 2. The van der Waals surface area contributed by atoms with Crippen molar-refractivity contribution >= 4 is 29.2 Å². The maximum absolute atomic E-state index is 8.56. The Hall–Kier alpha value is 0.0362. The van der Waals surface area contributed by atoms with Crippen LogP contribution in [0.25, 0.3) is 0 Å². The molecule has 4 heteroatoms. The van der Waals surface area contributed by atoms with Gasteiger partial charge in [-0.05, 0) is 0 Å². The third-order valence-electron chi connectivity index (χ3n) is 0. The first-order valence-corrected chi connectivity index (χ1v) is 1.36. The molecule has 0 aromatic carbocycles. The molecule has 0 unspecified atom stereocenters. The van der Waals surface area contributed by atoms with Crippen molar-refractivity contribution < 1.29 is 15.0 Å². The Bertz CT molecular complexity index is 34.3. The Kier molecular flexibility index (Phi) is 84.9. The molecule has 0 aliphatic rings. The monoisotopic (exact) mass is 130 g/mol. The van der Waals surface area contributed by atoms with Gasteiger partial charge in [0, 0.05) is 0 Å². The summed E-state index contributed by atoms with van der Waals surface area (Å²) in [6.07, 6.45) is -1.83. The number of carbonyl (C=O) groups is 1. The molecular formula is C4H10MgO3. The minimum Gasteiger partial charge on any atom is -0.450 e. The fourth-order valence-electron chi connectivity index (χ4n) is 0. The second kappa shape index (κ2) is 27.8. The fourth-order valence-corrected chi connectivity index (χ4v) is 0. The molecule has 0 spiro atoms. The van der Waals surface area contributed by atoms with E-state index in [1.807, 2.05) is 0 Å². The average Bonchev–Trinajstić information content (AvgIpc) is 1.41. The number of hydrogen-bond acceptors (Lipinski definition) is 1. The van der Waals surface area contributed by atoms with Gasteiger partial charge in [-0.15, -0.1) is 0 Å². The molecule has 0 rings (SSSR count). The van der Waals surface area contributed by atoms with Gasteiger partial charge in [-0.1, -0.05) is 0 Å². The van der Waals surface area contributed by atoms with Crippen molar-refractivity contribution in [3.05, 3.63) is 14.4 Å². The van der Waals surface area contributed by atoms with Gasteiger partial charge in [0.1, 0.15) is 0 Å². The van der Waals surface area contributed by atoms with Gasteiger partial charge in [-0.2, -0.15) is 6.92 Å². The molecular weight excluding hydrogens is 120 g/mol. The van der Waals surface area contributed by atoms with Crippen LogP contribution in [0.15, 0.2) is 0 Å². The zero-order valence-corrected chi connectivity index (χ0v) is 6.63. The van der Waals surface area contributed by atoms with E-state index >= 15 is 0 Å². The van der Waals surface area contributed by atoms with E-state index in [0.717, 1.165) is 0 Å². The van der Waals surface area contributed by atoms with Crippen molar-refractivity contribution in [2.24, 2.45) is 0 Å². The maximum atomic E-state index is 8.56. The molecule has 0 heterocycles. The Morgan fingerprint density at radius 3 is 1.38 bits per heavy atom. The minimum absolute atomic E-state index is 0. The molecule has 0 fully saturated rings. The molecule has 46 valence electrons. The van der Waals surface area contributed by atoms with E-state index in [-0.39, 0.29) is 30.5 Å². The smallest absolute Gasteiger partial charge is 0.450 e. The number of rotatable bonds is 0. The van der Waals surface area contributed by atoms with Crippen LogP contribution in [0.1, 0.15) is 6.92 Å². The molecule has 0 aliphatic heterocycles. The zero-order valence-electron chi connectivity index (χ0n) is 5.22. The third kappa shape index (κ3) is 117000. The van der Waals surface area contributed by atoms with Crippen LogP contribution in [0.5, 0.6) is 0 Å². The van der Waals surface area contributed by atoms with E-state index in [4.69, 9.17) is 15.0 Å². The van der Waals surface area contributed by atoms with Crippen LogP contribution in [0.2, 0.25) is 0 Å². The molecule has 0 radical (unpaired) electrons. The normalized spacial score (nSPS) is 3.75. The average molecular weight is 130 g/mol. The van der Waals surface area contributed by atoms with Crippen molar-refractivity contribution in [3.63, 3.8) is 0 Å². The van der Waals surface area contributed by atoms with E-state index in [1.165, 1.54) is 0 Å². The van der Waals surface area contributed by atoms with Crippen LogP contribution in [-0.4, -0.2) is 39.4 Å². The van der Waals surface area contributed by atoms with Crippen LogP contribution >= 0.6 is 0 Å². The van der Waals surface area contributed by atoms with E-state index in [1.54, 1.807) is 6.92 Å². The summed E-state index contributed by atoms with van der Waals surface area (Å²) >= 11 is 0. The molecule has 0 amide bonds. The van der Waals surface area contributed by atoms with Gasteiger partial charge in [0.15, 0.2) is 0 Å². The summed E-state index contributed by atoms with van der Waals surface area (Å²) in [5, 5.41) is 13.9. The molecule has 0 aliphatic carbocycles. The topological polar surface area (TPSA) is 57.5 Å². The third-order valence-corrected chi connectivity index (χ3v) is 0. The van der Waals surface area contributed by atoms with Gasteiger partial charge in [0.2, 0.25) is 0 Å². The molecule has 0 atom stereocenters. The van der Waals surface area contributed by atoms with Crippen LogP contribution in [0.4, 0.5) is 4.79 Å². The largest absolute Gasteiger partial charge is 2.00 e. The molecule has 3 nitrogen and oxygen atoms in total. The fraction of sp³-hybridized carbons (Fsp3) is 0.250. The van der Waals surface area contributed by atoms with Crippen molar-refractivity contribution in [2.75, 3.05) is 0 Å². The van der Waals surface area contributed by atoms with Gasteiger partial charge in [0.05, 0.1) is 0 Å². The minimum atomic E-state index is -1.83. The molecule has 2 N–H and O–H groups in total. The molecule has 0 saturated carbocycles. The molecule has 0 bridgehead atoms. The Balaban J connectivity index is -0.0000000183.